The number of nitrogens with one attached hydrogen (secondary N) is 2. The van der Waals surface area contributed by atoms with Gasteiger partial charge >= 0.3 is 0 Å². The fourth-order valence-electron chi connectivity index (χ4n) is 2.46. The Morgan fingerprint density at radius 1 is 1.07 bits per heavy atom. The van der Waals surface area contributed by atoms with Crippen molar-refractivity contribution in [1.29, 1.82) is 0 Å². The van der Waals surface area contributed by atoms with Gasteiger partial charge in [-0.25, -0.2) is 4.99 Å². The summed E-state index contributed by atoms with van der Waals surface area (Å²) in [6.45, 7) is 2.02. The quantitative estimate of drug-likeness (QED) is 0.209. The summed E-state index contributed by atoms with van der Waals surface area (Å²) in [6.07, 6.45) is 2.93. The predicted molar refractivity (Wildman–Crippen MR) is 115 cm³/mol. The largest absolute Gasteiger partial charge is 0.497 e. The highest BCUT2D eigenvalue weighted by molar-refractivity contribution is 7.98. The molecule has 0 atom stereocenters. The zero-order valence-corrected chi connectivity index (χ0v) is 17.0. The van der Waals surface area contributed by atoms with E-state index in [1.807, 2.05) is 12.1 Å². The summed E-state index contributed by atoms with van der Waals surface area (Å²) in [5.41, 5.74) is 2.22. The Labute approximate surface area is 169 Å². The highest BCUT2D eigenvalue weighted by Gasteiger charge is 2.04. The second-order valence-electron chi connectivity index (χ2n) is 6.03. The fraction of sp³-hybridized carbons (Fsp3) is 0.350. The molecular weight excluding hydrogens is 376 g/mol. The first-order valence-corrected chi connectivity index (χ1v) is 10.4. The molecule has 2 N–H and O–H groups in total. The second kappa shape index (κ2) is 11.9. The molecule has 0 heterocycles. The van der Waals surface area contributed by atoms with E-state index in [2.05, 4.69) is 34.0 Å². The lowest BCUT2D eigenvalue weighted by Gasteiger charge is -2.12. The number of benzene rings is 2. The Morgan fingerprint density at radius 3 is 2.32 bits per heavy atom. The van der Waals surface area contributed by atoms with E-state index < -0.39 is 4.92 Å². The van der Waals surface area contributed by atoms with Crippen molar-refractivity contribution in [2.45, 2.75) is 13.0 Å². The van der Waals surface area contributed by atoms with E-state index >= 15 is 0 Å². The van der Waals surface area contributed by atoms with Crippen LogP contribution in [0.2, 0.25) is 0 Å². The molecule has 0 aliphatic carbocycles. The SMILES string of the molecule is COc1ccc(CCNC(=NCc2ccc([N+](=O)[O-])cc2)NCCSC)cc1. The average molecular weight is 403 g/mol. The van der Waals surface area contributed by atoms with E-state index in [4.69, 9.17) is 4.74 Å². The van der Waals surface area contributed by atoms with Crippen LogP contribution in [0.3, 0.4) is 0 Å². The van der Waals surface area contributed by atoms with Crippen LogP contribution in [0, 0.1) is 10.1 Å². The maximum atomic E-state index is 10.7. The van der Waals surface area contributed by atoms with E-state index in [1.54, 1.807) is 31.0 Å². The molecule has 0 fully saturated rings. The fourth-order valence-corrected chi connectivity index (χ4v) is 2.76. The molecular formula is C20H26N4O3S. The zero-order valence-electron chi connectivity index (χ0n) is 16.2. The number of nitro benzene ring substituents is 1. The van der Waals surface area contributed by atoms with Crippen molar-refractivity contribution in [1.82, 2.24) is 10.6 Å². The van der Waals surface area contributed by atoms with Gasteiger partial charge in [-0.2, -0.15) is 11.8 Å². The molecule has 0 saturated heterocycles. The lowest BCUT2D eigenvalue weighted by molar-refractivity contribution is -0.384. The highest BCUT2D eigenvalue weighted by atomic mass is 32.2. The number of ether oxygens (including phenoxy) is 1. The van der Waals surface area contributed by atoms with Crippen LogP contribution in [0.25, 0.3) is 0 Å². The number of methoxy groups -OCH3 is 1. The van der Waals surface area contributed by atoms with Crippen LogP contribution < -0.4 is 15.4 Å². The molecule has 0 aliphatic heterocycles. The Bertz CT molecular complexity index is 764. The number of rotatable bonds is 10. The zero-order chi connectivity index (χ0) is 20.2. The van der Waals surface area contributed by atoms with E-state index in [-0.39, 0.29) is 5.69 Å². The topological polar surface area (TPSA) is 88.8 Å². The molecule has 0 aromatic heterocycles. The van der Waals surface area contributed by atoms with Crippen molar-refractivity contribution in [2.24, 2.45) is 4.99 Å². The number of nitrogens with zero attached hydrogens (tertiary/aromatic N) is 2. The number of hydrogen-bond acceptors (Lipinski definition) is 5. The van der Waals surface area contributed by atoms with Crippen molar-refractivity contribution in [3.8, 4) is 5.75 Å². The lowest BCUT2D eigenvalue weighted by Crippen LogP contribution is -2.39. The molecule has 0 spiro atoms. The number of non-ortho nitro benzene ring substituents is 1. The number of guanidine groups is 1. The van der Waals surface area contributed by atoms with Gasteiger partial charge in [-0.1, -0.05) is 24.3 Å². The maximum Gasteiger partial charge on any atom is 0.269 e. The minimum absolute atomic E-state index is 0.0867. The van der Waals surface area contributed by atoms with Crippen molar-refractivity contribution >= 4 is 23.4 Å². The van der Waals surface area contributed by atoms with E-state index in [1.165, 1.54) is 17.7 Å². The number of nitro groups is 1. The molecule has 7 nitrogen and oxygen atoms in total. The molecule has 28 heavy (non-hydrogen) atoms. The third-order valence-corrected chi connectivity index (χ3v) is 4.64. The summed E-state index contributed by atoms with van der Waals surface area (Å²) in [4.78, 5) is 14.9. The minimum Gasteiger partial charge on any atom is -0.497 e. The van der Waals surface area contributed by atoms with Gasteiger partial charge in [0.15, 0.2) is 5.96 Å². The van der Waals surface area contributed by atoms with Crippen LogP contribution in [0.5, 0.6) is 5.75 Å². The van der Waals surface area contributed by atoms with E-state index in [0.717, 1.165) is 42.5 Å². The van der Waals surface area contributed by atoms with Crippen LogP contribution in [0.4, 0.5) is 5.69 Å². The van der Waals surface area contributed by atoms with Gasteiger partial charge in [0.05, 0.1) is 18.6 Å². The Morgan fingerprint density at radius 2 is 1.71 bits per heavy atom. The monoisotopic (exact) mass is 402 g/mol. The smallest absolute Gasteiger partial charge is 0.269 e. The van der Waals surface area contributed by atoms with Gasteiger partial charge in [0.25, 0.3) is 5.69 Å². The molecule has 2 rings (SSSR count). The van der Waals surface area contributed by atoms with E-state index in [9.17, 15) is 10.1 Å². The van der Waals surface area contributed by atoms with Crippen molar-refractivity contribution < 1.29 is 9.66 Å². The van der Waals surface area contributed by atoms with Crippen molar-refractivity contribution in [2.75, 3.05) is 32.2 Å². The van der Waals surface area contributed by atoms with Crippen LogP contribution in [-0.2, 0) is 13.0 Å². The summed E-state index contributed by atoms with van der Waals surface area (Å²) in [6, 6.07) is 14.5. The molecule has 0 aliphatic rings. The van der Waals surface area contributed by atoms with Crippen molar-refractivity contribution in [3.05, 3.63) is 69.8 Å². The van der Waals surface area contributed by atoms with Gasteiger partial charge < -0.3 is 15.4 Å². The molecule has 0 saturated carbocycles. The van der Waals surface area contributed by atoms with Gasteiger partial charge in [-0.05, 0) is 35.9 Å². The standard InChI is InChI=1S/C20H26N4O3S/c1-27-19-9-5-16(6-10-19)11-12-21-20(22-13-14-28-2)23-15-17-3-7-18(8-4-17)24(25)26/h3-10H,11-15H2,1-2H3,(H2,21,22,23). The minimum atomic E-state index is -0.400. The third-order valence-electron chi connectivity index (χ3n) is 4.03. The number of thioether (sulfide) groups is 1. The number of aliphatic imine (C=N–C) groups is 1. The van der Waals surface area contributed by atoms with Crippen LogP contribution >= 0.6 is 11.8 Å². The molecule has 2 aromatic rings. The van der Waals surface area contributed by atoms with Gasteiger partial charge in [0, 0.05) is 31.0 Å². The van der Waals surface area contributed by atoms with Crippen LogP contribution in [-0.4, -0.2) is 43.1 Å². The first kappa shape index (κ1) is 21.6. The molecule has 150 valence electrons. The summed E-state index contributed by atoms with van der Waals surface area (Å²) in [5.74, 6) is 2.57. The Balaban J connectivity index is 1.91. The first-order chi connectivity index (χ1) is 13.6. The van der Waals surface area contributed by atoms with Crippen LogP contribution in [0.1, 0.15) is 11.1 Å². The van der Waals surface area contributed by atoms with Gasteiger partial charge in [-0.15, -0.1) is 0 Å². The number of hydrogen-bond donors (Lipinski definition) is 2. The van der Waals surface area contributed by atoms with Gasteiger partial charge in [-0.3, -0.25) is 10.1 Å². The van der Waals surface area contributed by atoms with Gasteiger partial charge in [0.2, 0.25) is 0 Å². The molecule has 8 heteroatoms. The second-order valence-corrected chi connectivity index (χ2v) is 7.02. The third kappa shape index (κ3) is 7.48. The summed E-state index contributed by atoms with van der Waals surface area (Å²) in [5, 5.41) is 17.4. The molecule has 0 amide bonds. The molecule has 0 bridgehead atoms. The maximum absolute atomic E-state index is 10.7. The lowest BCUT2D eigenvalue weighted by atomic mass is 10.1. The highest BCUT2D eigenvalue weighted by Crippen LogP contribution is 2.13. The van der Waals surface area contributed by atoms with Crippen molar-refractivity contribution in [3.63, 3.8) is 0 Å². The molecule has 0 unspecified atom stereocenters. The summed E-state index contributed by atoms with van der Waals surface area (Å²) in [7, 11) is 1.66. The predicted octanol–water partition coefficient (Wildman–Crippen LogP) is 3.24. The molecule has 0 radical (unpaired) electrons. The summed E-state index contributed by atoms with van der Waals surface area (Å²) >= 11 is 1.77. The molecule has 2 aromatic carbocycles. The van der Waals surface area contributed by atoms with Gasteiger partial charge in [0.1, 0.15) is 5.75 Å². The normalized spacial score (nSPS) is 11.1. The van der Waals surface area contributed by atoms with Crippen LogP contribution in [0.15, 0.2) is 53.5 Å². The summed E-state index contributed by atoms with van der Waals surface area (Å²) < 4.78 is 5.18. The Kier molecular flexibility index (Phi) is 9.14. The Hall–Kier alpha value is -2.74. The first-order valence-electron chi connectivity index (χ1n) is 8.99. The van der Waals surface area contributed by atoms with E-state index in [0.29, 0.717) is 6.54 Å². The average Bonchev–Trinajstić information content (AvgIpc) is 2.72.